The third kappa shape index (κ3) is 8.45. The number of nitrogens with zero attached hydrogens (tertiary/aromatic N) is 2. The summed E-state index contributed by atoms with van der Waals surface area (Å²) in [5, 5.41) is 14.2. The zero-order chi connectivity index (χ0) is 24.3. The van der Waals surface area contributed by atoms with Crippen molar-refractivity contribution in [3.8, 4) is 0 Å². The number of aliphatic hydroxyl groups is 1. The number of benzene rings is 1. The highest BCUT2D eigenvalue weighted by molar-refractivity contribution is 5.96. The molecule has 1 heterocycles. The lowest BCUT2D eigenvalue weighted by Crippen LogP contribution is -2.37. The van der Waals surface area contributed by atoms with Crippen LogP contribution in [0.2, 0.25) is 0 Å². The Morgan fingerprint density at radius 3 is 2.38 bits per heavy atom. The fourth-order valence-corrected chi connectivity index (χ4v) is 3.34. The van der Waals surface area contributed by atoms with Gasteiger partial charge in [0.25, 0.3) is 5.91 Å². The molecule has 0 saturated carbocycles. The monoisotopic (exact) mass is 447 g/mol. The van der Waals surface area contributed by atoms with Gasteiger partial charge in [0.2, 0.25) is 0 Å². The molecule has 1 aromatic carbocycles. The number of aliphatic hydroxyl groups excluding tert-OH is 1. The van der Waals surface area contributed by atoms with E-state index in [1.165, 1.54) is 12.1 Å². The van der Waals surface area contributed by atoms with Crippen LogP contribution in [0.4, 0.5) is 4.39 Å². The summed E-state index contributed by atoms with van der Waals surface area (Å²) in [6.45, 7) is 7.69. The number of carbonyl (C=O) groups is 1. The molecule has 1 amide bonds. The van der Waals surface area contributed by atoms with Gasteiger partial charge in [-0.05, 0) is 63.7 Å². The van der Waals surface area contributed by atoms with Gasteiger partial charge in [0.05, 0.1) is 6.73 Å². The first-order chi connectivity index (χ1) is 15.1. The summed E-state index contributed by atoms with van der Waals surface area (Å²) in [6, 6.07) is 6.97. The normalized spacial score (nSPS) is 12.3. The second kappa shape index (κ2) is 13.7. The molecule has 0 fully saturated rings. The van der Waals surface area contributed by atoms with Crippen molar-refractivity contribution in [1.29, 1.82) is 0 Å². The first kappa shape index (κ1) is 27.4. The molecule has 1 aromatic heterocycles. The largest absolute Gasteiger partial charge is 0.384 e. The molecule has 1 unspecified atom stereocenters. The Morgan fingerprint density at radius 2 is 1.91 bits per heavy atom. The first-order valence-electron chi connectivity index (χ1n) is 10.7. The van der Waals surface area contributed by atoms with E-state index >= 15 is 0 Å². The number of primary amides is 1. The number of nitrogens with two attached hydrogens (primary N) is 1. The van der Waals surface area contributed by atoms with Gasteiger partial charge in [-0.15, -0.1) is 0 Å². The van der Waals surface area contributed by atoms with Crippen molar-refractivity contribution in [2.24, 2.45) is 5.73 Å². The average Bonchev–Trinajstić information content (AvgIpc) is 3.01. The Hall–Kier alpha value is -2.68. The molecule has 2 aromatic rings. The fourth-order valence-electron chi connectivity index (χ4n) is 3.34. The SMILES string of the molecule is CCC(CNCO)N(C)C.CN/C(=C\c1c(C)cn(Cc2ccc(F)cc2)c1C)C(N)=O. The van der Waals surface area contributed by atoms with Crippen LogP contribution in [-0.2, 0) is 11.3 Å². The molecule has 2 rings (SSSR count). The maximum absolute atomic E-state index is 13.0. The Kier molecular flexibility index (Phi) is 11.7. The van der Waals surface area contributed by atoms with Crippen molar-refractivity contribution in [2.45, 2.75) is 39.8 Å². The van der Waals surface area contributed by atoms with Gasteiger partial charge in [-0.25, -0.2) is 4.39 Å². The van der Waals surface area contributed by atoms with Crippen LogP contribution in [0.25, 0.3) is 6.08 Å². The van der Waals surface area contributed by atoms with Gasteiger partial charge in [0, 0.05) is 43.6 Å². The molecule has 0 saturated heterocycles. The van der Waals surface area contributed by atoms with Crippen LogP contribution in [0.15, 0.2) is 36.2 Å². The van der Waals surface area contributed by atoms with Gasteiger partial charge in [0.1, 0.15) is 11.5 Å². The predicted octanol–water partition coefficient (Wildman–Crippen LogP) is 2.20. The first-order valence-corrected chi connectivity index (χ1v) is 10.7. The number of halogens is 1. The van der Waals surface area contributed by atoms with Crippen molar-refractivity contribution in [3.63, 3.8) is 0 Å². The Bertz CT molecular complexity index is 875. The quantitative estimate of drug-likeness (QED) is 0.331. The minimum atomic E-state index is -0.493. The van der Waals surface area contributed by atoms with E-state index in [1.807, 2.05) is 34.1 Å². The minimum Gasteiger partial charge on any atom is -0.384 e. The van der Waals surface area contributed by atoms with E-state index < -0.39 is 5.91 Å². The number of hydrogen-bond donors (Lipinski definition) is 4. The molecule has 32 heavy (non-hydrogen) atoms. The Morgan fingerprint density at radius 1 is 1.28 bits per heavy atom. The van der Waals surface area contributed by atoms with Gasteiger partial charge in [0.15, 0.2) is 0 Å². The highest BCUT2D eigenvalue weighted by Crippen LogP contribution is 2.20. The number of aromatic nitrogens is 1. The van der Waals surface area contributed by atoms with E-state index in [2.05, 4.69) is 27.0 Å². The number of hydrogen-bond acceptors (Lipinski definition) is 5. The predicted molar refractivity (Wildman–Crippen MR) is 128 cm³/mol. The van der Waals surface area contributed by atoms with Crippen molar-refractivity contribution in [2.75, 3.05) is 34.4 Å². The van der Waals surface area contributed by atoms with Crippen molar-refractivity contribution in [1.82, 2.24) is 20.1 Å². The van der Waals surface area contributed by atoms with E-state index in [0.717, 1.165) is 35.3 Å². The molecule has 0 aliphatic rings. The van der Waals surface area contributed by atoms with Crippen LogP contribution in [0.1, 0.15) is 35.7 Å². The lowest BCUT2D eigenvalue weighted by atomic mass is 10.1. The lowest BCUT2D eigenvalue weighted by Gasteiger charge is -2.22. The van der Waals surface area contributed by atoms with Gasteiger partial charge in [-0.2, -0.15) is 0 Å². The van der Waals surface area contributed by atoms with Crippen LogP contribution < -0.4 is 16.4 Å². The maximum atomic E-state index is 13.0. The molecule has 8 heteroatoms. The van der Waals surface area contributed by atoms with Crippen LogP contribution in [0.5, 0.6) is 0 Å². The molecule has 5 N–H and O–H groups in total. The number of carbonyl (C=O) groups excluding carboxylic acids is 1. The Balaban J connectivity index is 0.000000433. The third-order valence-corrected chi connectivity index (χ3v) is 5.38. The van der Waals surface area contributed by atoms with E-state index in [9.17, 15) is 9.18 Å². The second-order valence-corrected chi connectivity index (χ2v) is 7.88. The summed E-state index contributed by atoms with van der Waals surface area (Å²) in [7, 11) is 5.76. The lowest BCUT2D eigenvalue weighted by molar-refractivity contribution is -0.114. The third-order valence-electron chi connectivity index (χ3n) is 5.38. The zero-order valence-corrected chi connectivity index (χ0v) is 20.1. The molecule has 0 aliphatic heterocycles. The molecular weight excluding hydrogens is 409 g/mol. The molecule has 0 bridgehead atoms. The topological polar surface area (TPSA) is 95.6 Å². The molecular formula is C24H38FN5O2. The van der Waals surface area contributed by atoms with Crippen molar-refractivity contribution >= 4 is 12.0 Å². The average molecular weight is 448 g/mol. The van der Waals surface area contributed by atoms with Gasteiger partial charge in [-0.1, -0.05) is 19.1 Å². The maximum Gasteiger partial charge on any atom is 0.264 e. The molecule has 7 nitrogen and oxygen atoms in total. The van der Waals surface area contributed by atoms with Crippen molar-refractivity contribution in [3.05, 3.63) is 64.4 Å². The summed E-state index contributed by atoms with van der Waals surface area (Å²) in [5.74, 6) is -0.736. The van der Waals surface area contributed by atoms with E-state index in [0.29, 0.717) is 18.3 Å². The number of likely N-dealkylation sites (N-methyl/N-ethyl adjacent to an activating group) is 2. The van der Waals surface area contributed by atoms with Crippen LogP contribution in [-0.4, -0.2) is 60.9 Å². The van der Waals surface area contributed by atoms with E-state index in [1.54, 1.807) is 25.3 Å². The Labute approximate surface area is 191 Å². The smallest absolute Gasteiger partial charge is 0.264 e. The number of rotatable bonds is 10. The molecule has 1 atom stereocenters. The molecule has 0 aliphatic carbocycles. The highest BCUT2D eigenvalue weighted by Gasteiger charge is 2.11. The standard InChI is InChI=1S/C17H20FN3O.C7H18N2O/c1-11-9-21(10-13-4-6-14(18)7-5-13)12(2)15(11)8-16(20-3)17(19)22;1-4-7(9(2)3)5-8-6-10/h4-9,20H,10H2,1-3H3,(H2,19,22);7-8,10H,4-6H2,1-3H3/b16-8-;. The van der Waals surface area contributed by atoms with E-state index in [4.69, 9.17) is 10.8 Å². The summed E-state index contributed by atoms with van der Waals surface area (Å²) >= 11 is 0. The van der Waals surface area contributed by atoms with Gasteiger partial charge >= 0.3 is 0 Å². The number of amides is 1. The van der Waals surface area contributed by atoms with Crippen LogP contribution in [0, 0.1) is 19.7 Å². The van der Waals surface area contributed by atoms with Crippen LogP contribution >= 0.6 is 0 Å². The second-order valence-electron chi connectivity index (χ2n) is 7.88. The van der Waals surface area contributed by atoms with Gasteiger partial charge < -0.3 is 25.6 Å². The molecule has 0 radical (unpaired) electrons. The molecule has 178 valence electrons. The zero-order valence-electron chi connectivity index (χ0n) is 20.1. The molecule has 0 spiro atoms. The minimum absolute atomic E-state index is 0.0737. The summed E-state index contributed by atoms with van der Waals surface area (Å²) in [5.41, 5.74) is 9.74. The van der Waals surface area contributed by atoms with E-state index in [-0.39, 0.29) is 12.5 Å². The number of nitrogens with one attached hydrogen (secondary N) is 2. The highest BCUT2D eigenvalue weighted by atomic mass is 19.1. The van der Waals surface area contributed by atoms with Crippen molar-refractivity contribution < 1.29 is 14.3 Å². The summed E-state index contributed by atoms with van der Waals surface area (Å²) in [6.07, 6.45) is 4.88. The number of aryl methyl sites for hydroxylation is 1. The van der Waals surface area contributed by atoms with Gasteiger partial charge in [-0.3, -0.25) is 10.1 Å². The van der Waals surface area contributed by atoms with Crippen LogP contribution in [0.3, 0.4) is 0 Å². The summed E-state index contributed by atoms with van der Waals surface area (Å²) in [4.78, 5) is 13.5. The fraction of sp³-hybridized carbons (Fsp3) is 0.458. The summed E-state index contributed by atoms with van der Waals surface area (Å²) < 4.78 is 15.0.